The van der Waals surface area contributed by atoms with Gasteiger partial charge in [0.15, 0.2) is 23.0 Å². The van der Waals surface area contributed by atoms with Gasteiger partial charge >= 0.3 is 0 Å². The number of Topliss-reactive ketones (excluding diaryl/α,β-unsaturated/α-hetero) is 1. The van der Waals surface area contributed by atoms with Crippen LogP contribution in [-0.4, -0.2) is 33.0 Å². The van der Waals surface area contributed by atoms with E-state index < -0.39 is 0 Å². The standard InChI is InChI=1S/C22H16ClN3O3S/c1-29-17-8-10-24-20(21(17)28)16(27)12-13-4-6-15-14(11-13)5-7-19(26-15)30-18-3-2-9-25-22(18)23/h2-11,28H,12H2,1H3. The van der Waals surface area contributed by atoms with E-state index in [1.54, 1.807) is 6.20 Å². The average molecular weight is 438 g/mol. The molecule has 0 saturated carbocycles. The van der Waals surface area contributed by atoms with Crippen LogP contribution < -0.4 is 4.74 Å². The van der Waals surface area contributed by atoms with Crippen molar-refractivity contribution in [3.63, 3.8) is 0 Å². The summed E-state index contributed by atoms with van der Waals surface area (Å²) in [5.74, 6) is -0.324. The number of halogens is 1. The molecule has 6 nitrogen and oxygen atoms in total. The second-order valence-corrected chi connectivity index (χ2v) is 7.80. The molecule has 3 aromatic heterocycles. The van der Waals surface area contributed by atoms with E-state index in [0.29, 0.717) is 5.15 Å². The van der Waals surface area contributed by atoms with Crippen LogP contribution >= 0.6 is 23.4 Å². The Balaban J connectivity index is 1.55. The fourth-order valence-electron chi connectivity index (χ4n) is 2.96. The first kappa shape index (κ1) is 20.1. The number of carbonyl (C=O) groups excluding carboxylic acids is 1. The number of carbonyl (C=O) groups is 1. The Hall–Kier alpha value is -3.16. The number of ether oxygens (including phenoxy) is 1. The van der Waals surface area contributed by atoms with Gasteiger partial charge in [-0.2, -0.15) is 0 Å². The smallest absolute Gasteiger partial charge is 0.189 e. The van der Waals surface area contributed by atoms with Crippen LogP contribution in [0.1, 0.15) is 16.1 Å². The molecule has 1 aromatic carbocycles. The number of pyridine rings is 3. The number of nitrogens with zero attached hydrogens (tertiary/aromatic N) is 3. The fraction of sp³-hybridized carbons (Fsp3) is 0.0909. The van der Waals surface area contributed by atoms with Crippen molar-refractivity contribution < 1.29 is 14.6 Å². The number of hydrogen-bond acceptors (Lipinski definition) is 7. The summed E-state index contributed by atoms with van der Waals surface area (Å²) in [7, 11) is 1.43. The molecule has 4 aromatic rings. The molecule has 0 aliphatic carbocycles. The van der Waals surface area contributed by atoms with Gasteiger partial charge in [-0.1, -0.05) is 35.5 Å². The van der Waals surface area contributed by atoms with Crippen LogP contribution in [0.15, 0.2) is 70.8 Å². The van der Waals surface area contributed by atoms with Crippen molar-refractivity contribution >= 4 is 40.0 Å². The van der Waals surface area contributed by atoms with Gasteiger partial charge in [-0.15, -0.1) is 0 Å². The van der Waals surface area contributed by atoms with Crippen LogP contribution in [0.2, 0.25) is 5.15 Å². The lowest BCUT2D eigenvalue weighted by Crippen LogP contribution is -2.07. The van der Waals surface area contributed by atoms with Gasteiger partial charge < -0.3 is 9.84 Å². The molecule has 8 heteroatoms. The molecule has 0 aliphatic heterocycles. The maximum Gasteiger partial charge on any atom is 0.189 e. The van der Waals surface area contributed by atoms with Crippen LogP contribution in [-0.2, 0) is 6.42 Å². The molecule has 0 fully saturated rings. The normalized spacial score (nSPS) is 10.9. The van der Waals surface area contributed by atoms with Gasteiger partial charge in [-0.3, -0.25) is 4.79 Å². The van der Waals surface area contributed by atoms with E-state index in [9.17, 15) is 9.90 Å². The summed E-state index contributed by atoms with van der Waals surface area (Å²) in [5.41, 5.74) is 1.60. The summed E-state index contributed by atoms with van der Waals surface area (Å²) >= 11 is 7.56. The molecular weight excluding hydrogens is 422 g/mol. The molecule has 0 radical (unpaired) electrons. The lowest BCUT2D eigenvalue weighted by atomic mass is 10.0. The van der Waals surface area contributed by atoms with Gasteiger partial charge in [-0.25, -0.2) is 15.0 Å². The highest BCUT2D eigenvalue weighted by Crippen LogP contribution is 2.32. The van der Waals surface area contributed by atoms with Crippen molar-refractivity contribution in [1.82, 2.24) is 15.0 Å². The third-order valence-electron chi connectivity index (χ3n) is 4.40. The summed E-state index contributed by atoms with van der Waals surface area (Å²) in [6.45, 7) is 0. The van der Waals surface area contributed by atoms with E-state index in [0.717, 1.165) is 26.4 Å². The number of rotatable bonds is 6. The number of ketones is 1. The summed E-state index contributed by atoms with van der Waals surface area (Å²) in [6, 6.07) is 14.7. The van der Waals surface area contributed by atoms with E-state index in [2.05, 4.69) is 15.0 Å². The molecular formula is C22H16ClN3O3S. The van der Waals surface area contributed by atoms with E-state index in [4.69, 9.17) is 16.3 Å². The first-order chi connectivity index (χ1) is 14.5. The minimum atomic E-state index is -0.294. The minimum absolute atomic E-state index is 0.00679. The maximum absolute atomic E-state index is 12.6. The number of hydrogen-bond donors (Lipinski definition) is 1. The summed E-state index contributed by atoms with van der Waals surface area (Å²) in [6.07, 6.45) is 3.18. The van der Waals surface area contributed by atoms with Gasteiger partial charge in [0.25, 0.3) is 0 Å². The van der Waals surface area contributed by atoms with Crippen molar-refractivity contribution in [2.24, 2.45) is 0 Å². The van der Waals surface area contributed by atoms with Crippen LogP contribution in [0, 0.1) is 0 Å². The highest BCUT2D eigenvalue weighted by molar-refractivity contribution is 7.99. The third-order valence-corrected chi connectivity index (χ3v) is 5.80. The van der Waals surface area contributed by atoms with Crippen LogP contribution in [0.5, 0.6) is 11.5 Å². The van der Waals surface area contributed by atoms with E-state index in [-0.39, 0.29) is 29.4 Å². The third kappa shape index (κ3) is 4.22. The van der Waals surface area contributed by atoms with E-state index in [1.807, 2.05) is 42.5 Å². The Morgan fingerprint density at radius 2 is 2.00 bits per heavy atom. The Labute approximate surface area is 181 Å². The summed E-state index contributed by atoms with van der Waals surface area (Å²) in [4.78, 5) is 26.2. The van der Waals surface area contributed by atoms with Gasteiger partial charge in [0, 0.05) is 30.3 Å². The molecule has 30 heavy (non-hydrogen) atoms. The molecule has 150 valence electrons. The van der Waals surface area contributed by atoms with Gasteiger partial charge in [0.1, 0.15) is 10.2 Å². The molecule has 0 bridgehead atoms. The molecule has 0 amide bonds. The maximum atomic E-state index is 12.6. The second kappa shape index (κ2) is 8.69. The summed E-state index contributed by atoms with van der Waals surface area (Å²) in [5, 5.41) is 12.3. The molecule has 4 rings (SSSR count). The van der Waals surface area contributed by atoms with E-state index in [1.165, 1.54) is 31.1 Å². The monoisotopic (exact) mass is 437 g/mol. The van der Waals surface area contributed by atoms with Crippen LogP contribution in [0.4, 0.5) is 0 Å². The minimum Gasteiger partial charge on any atom is -0.503 e. The number of benzene rings is 1. The molecule has 0 saturated heterocycles. The zero-order valence-electron chi connectivity index (χ0n) is 15.9. The second-order valence-electron chi connectivity index (χ2n) is 6.38. The quantitative estimate of drug-likeness (QED) is 0.336. The van der Waals surface area contributed by atoms with Crippen molar-refractivity contribution in [2.75, 3.05) is 7.11 Å². The number of fused-ring (bicyclic) bond motifs is 1. The SMILES string of the molecule is COc1ccnc(C(=O)Cc2ccc3nc(Sc4cccnc4Cl)ccc3c2)c1O. The van der Waals surface area contributed by atoms with Crippen molar-refractivity contribution in [3.8, 4) is 11.5 Å². The molecule has 0 aliphatic rings. The zero-order valence-corrected chi connectivity index (χ0v) is 17.4. The zero-order chi connectivity index (χ0) is 21.1. The highest BCUT2D eigenvalue weighted by atomic mass is 35.5. The predicted octanol–water partition coefficient (Wildman–Crippen LogP) is 4.97. The van der Waals surface area contributed by atoms with Crippen molar-refractivity contribution in [2.45, 2.75) is 16.3 Å². The average Bonchev–Trinajstić information content (AvgIpc) is 2.75. The molecule has 1 N–H and O–H groups in total. The van der Waals surface area contributed by atoms with Crippen LogP contribution in [0.25, 0.3) is 10.9 Å². The fourth-order valence-corrected chi connectivity index (χ4v) is 3.98. The van der Waals surface area contributed by atoms with Crippen molar-refractivity contribution in [3.05, 3.63) is 77.3 Å². The first-order valence-electron chi connectivity index (χ1n) is 8.98. The molecule has 0 unspecified atom stereocenters. The Morgan fingerprint density at radius 3 is 2.80 bits per heavy atom. The number of aromatic nitrogens is 3. The Morgan fingerprint density at radius 1 is 1.13 bits per heavy atom. The van der Waals surface area contributed by atoms with Crippen LogP contribution in [0.3, 0.4) is 0 Å². The highest BCUT2D eigenvalue weighted by Gasteiger charge is 2.17. The van der Waals surface area contributed by atoms with Crippen molar-refractivity contribution in [1.29, 1.82) is 0 Å². The van der Waals surface area contributed by atoms with Gasteiger partial charge in [0.05, 0.1) is 17.5 Å². The lowest BCUT2D eigenvalue weighted by molar-refractivity contribution is 0.0984. The molecule has 3 heterocycles. The summed E-state index contributed by atoms with van der Waals surface area (Å²) < 4.78 is 5.04. The van der Waals surface area contributed by atoms with Gasteiger partial charge in [-0.05, 0) is 35.9 Å². The number of aromatic hydroxyl groups is 1. The number of methoxy groups -OCH3 is 1. The van der Waals surface area contributed by atoms with E-state index >= 15 is 0 Å². The van der Waals surface area contributed by atoms with Gasteiger partial charge in [0.2, 0.25) is 0 Å². The lowest BCUT2D eigenvalue weighted by Gasteiger charge is -2.08. The topological polar surface area (TPSA) is 85.2 Å². The largest absolute Gasteiger partial charge is 0.503 e. The Bertz CT molecular complexity index is 1250. The first-order valence-corrected chi connectivity index (χ1v) is 10.2. The molecule has 0 atom stereocenters. The Kier molecular flexibility index (Phi) is 5.83. The predicted molar refractivity (Wildman–Crippen MR) is 116 cm³/mol. The molecule has 0 spiro atoms.